The molecular weight excluding hydrogens is 303 g/mol. The maximum absolute atomic E-state index is 11.5. The molecule has 1 aromatic heterocycles. The lowest BCUT2D eigenvalue weighted by atomic mass is 10.3. The van der Waals surface area contributed by atoms with Gasteiger partial charge in [0, 0.05) is 13.0 Å². The van der Waals surface area contributed by atoms with Crippen molar-refractivity contribution in [2.75, 3.05) is 0 Å². The summed E-state index contributed by atoms with van der Waals surface area (Å²) in [6, 6.07) is 3.62. The van der Waals surface area contributed by atoms with Gasteiger partial charge in [0.05, 0.1) is 20.3 Å². The first-order valence-electron chi connectivity index (χ1n) is 5.74. The molecule has 1 heterocycles. The third kappa shape index (κ3) is 2.76. The predicted octanol–water partition coefficient (Wildman–Crippen LogP) is 4.03. The SMILES string of the molecule is C=CCn1c(=NC(=O)CC)sc2ccc(Cl)c(Cl)c21. The Hall–Kier alpha value is -1.10. The molecule has 3 nitrogen and oxygen atoms in total. The molecule has 2 aromatic rings. The minimum Gasteiger partial charge on any atom is -0.311 e. The molecule has 1 amide bonds. The van der Waals surface area contributed by atoms with Crippen LogP contribution in [0.4, 0.5) is 0 Å². The minimum absolute atomic E-state index is 0.161. The third-order valence-corrected chi connectivity index (χ3v) is 4.41. The number of hydrogen-bond acceptors (Lipinski definition) is 2. The van der Waals surface area contributed by atoms with E-state index in [1.807, 2.05) is 10.6 Å². The number of benzene rings is 1. The first kappa shape index (κ1) is 14.3. The van der Waals surface area contributed by atoms with E-state index in [1.165, 1.54) is 11.3 Å². The van der Waals surface area contributed by atoms with Crippen LogP contribution in [0.15, 0.2) is 29.8 Å². The van der Waals surface area contributed by atoms with Crippen LogP contribution < -0.4 is 4.80 Å². The van der Waals surface area contributed by atoms with Gasteiger partial charge >= 0.3 is 0 Å². The van der Waals surface area contributed by atoms with Crippen molar-refractivity contribution in [3.8, 4) is 0 Å². The van der Waals surface area contributed by atoms with Crippen LogP contribution in [0, 0.1) is 0 Å². The maximum Gasteiger partial charge on any atom is 0.248 e. The van der Waals surface area contributed by atoms with Gasteiger partial charge in [0.2, 0.25) is 5.91 Å². The normalized spacial score (nSPS) is 12.1. The number of aromatic nitrogens is 1. The van der Waals surface area contributed by atoms with Crippen molar-refractivity contribution >= 4 is 50.7 Å². The van der Waals surface area contributed by atoms with Crippen LogP contribution >= 0.6 is 34.5 Å². The lowest BCUT2D eigenvalue weighted by Crippen LogP contribution is -2.16. The molecule has 0 radical (unpaired) electrons. The molecule has 2 rings (SSSR count). The Morgan fingerprint density at radius 2 is 2.26 bits per heavy atom. The van der Waals surface area contributed by atoms with E-state index < -0.39 is 0 Å². The summed E-state index contributed by atoms with van der Waals surface area (Å²) in [5, 5.41) is 0.959. The molecule has 0 saturated heterocycles. The van der Waals surface area contributed by atoms with Gasteiger partial charge in [-0.1, -0.05) is 47.5 Å². The molecule has 1 aromatic carbocycles. The van der Waals surface area contributed by atoms with Crippen LogP contribution in [0.2, 0.25) is 10.0 Å². The smallest absolute Gasteiger partial charge is 0.248 e. The second-order valence-corrected chi connectivity index (χ2v) is 5.65. The van der Waals surface area contributed by atoms with E-state index in [0.717, 1.165) is 10.2 Å². The standard InChI is InChI=1S/C13H12Cl2N2OS/c1-3-7-17-12-9(6-5-8(14)11(12)15)19-13(17)16-10(18)4-2/h3,5-6H,1,4,7H2,2H3. The Bertz CT molecular complexity index is 715. The molecule has 0 aliphatic heterocycles. The highest BCUT2D eigenvalue weighted by atomic mass is 35.5. The van der Waals surface area contributed by atoms with E-state index in [2.05, 4.69) is 11.6 Å². The lowest BCUT2D eigenvalue weighted by molar-refractivity contribution is -0.117. The van der Waals surface area contributed by atoms with Gasteiger partial charge in [-0.05, 0) is 12.1 Å². The van der Waals surface area contributed by atoms with Crippen LogP contribution in [0.25, 0.3) is 10.2 Å². The Morgan fingerprint density at radius 3 is 2.89 bits per heavy atom. The van der Waals surface area contributed by atoms with Crippen LogP contribution in [0.1, 0.15) is 13.3 Å². The molecule has 0 atom stereocenters. The van der Waals surface area contributed by atoms with E-state index in [-0.39, 0.29) is 5.91 Å². The highest BCUT2D eigenvalue weighted by Gasteiger charge is 2.12. The summed E-state index contributed by atoms with van der Waals surface area (Å²) in [6.45, 7) is 6.02. The fourth-order valence-corrected chi connectivity index (χ4v) is 3.21. The molecule has 6 heteroatoms. The fraction of sp³-hybridized carbons (Fsp3) is 0.231. The number of rotatable bonds is 3. The number of allylic oxidation sites excluding steroid dienone is 1. The monoisotopic (exact) mass is 314 g/mol. The zero-order valence-electron chi connectivity index (χ0n) is 10.3. The van der Waals surface area contributed by atoms with Gasteiger partial charge in [0.15, 0.2) is 4.80 Å². The zero-order valence-corrected chi connectivity index (χ0v) is 12.6. The molecule has 0 unspecified atom stereocenters. The van der Waals surface area contributed by atoms with Crippen LogP contribution in [0.3, 0.4) is 0 Å². The number of carbonyl (C=O) groups excluding carboxylic acids is 1. The molecule has 0 N–H and O–H groups in total. The summed E-state index contributed by atoms with van der Waals surface area (Å²) >= 11 is 13.7. The number of fused-ring (bicyclic) bond motifs is 1. The Labute approximate surface area is 124 Å². The molecule has 0 fully saturated rings. The number of carbonyl (C=O) groups is 1. The zero-order chi connectivity index (χ0) is 14.0. The van der Waals surface area contributed by atoms with E-state index in [9.17, 15) is 4.79 Å². The van der Waals surface area contributed by atoms with Gasteiger partial charge in [0.1, 0.15) is 0 Å². The van der Waals surface area contributed by atoms with Crippen molar-refractivity contribution in [2.24, 2.45) is 4.99 Å². The minimum atomic E-state index is -0.161. The topological polar surface area (TPSA) is 34.4 Å². The predicted molar refractivity (Wildman–Crippen MR) is 80.9 cm³/mol. The average Bonchev–Trinajstić information content (AvgIpc) is 2.73. The van der Waals surface area contributed by atoms with Gasteiger partial charge in [-0.3, -0.25) is 4.79 Å². The Kier molecular flexibility index (Phi) is 4.45. The number of hydrogen-bond donors (Lipinski definition) is 0. The first-order valence-corrected chi connectivity index (χ1v) is 7.31. The van der Waals surface area contributed by atoms with Gasteiger partial charge < -0.3 is 4.57 Å². The number of nitrogens with zero attached hydrogens (tertiary/aromatic N) is 2. The van der Waals surface area contributed by atoms with Gasteiger partial charge in [0.25, 0.3) is 0 Å². The summed E-state index contributed by atoms with van der Waals surface area (Å²) in [5.41, 5.74) is 0.793. The van der Waals surface area contributed by atoms with Crippen molar-refractivity contribution in [1.82, 2.24) is 4.57 Å². The highest BCUT2D eigenvalue weighted by molar-refractivity contribution is 7.16. The van der Waals surface area contributed by atoms with Gasteiger partial charge in [-0.15, -0.1) is 6.58 Å². The summed E-state index contributed by atoms with van der Waals surface area (Å²) in [6.07, 6.45) is 2.11. The molecule has 0 aliphatic carbocycles. The maximum atomic E-state index is 11.5. The van der Waals surface area contributed by atoms with Crippen LogP contribution in [-0.2, 0) is 11.3 Å². The highest BCUT2D eigenvalue weighted by Crippen LogP contribution is 2.32. The number of amides is 1. The average molecular weight is 315 g/mol. The molecule has 100 valence electrons. The van der Waals surface area contributed by atoms with Crippen molar-refractivity contribution in [3.05, 3.63) is 39.6 Å². The molecule has 19 heavy (non-hydrogen) atoms. The summed E-state index contributed by atoms with van der Waals surface area (Å²) in [5.74, 6) is -0.161. The molecular formula is C13H12Cl2N2OS. The molecule has 0 saturated carbocycles. The van der Waals surface area contributed by atoms with Crippen molar-refractivity contribution < 1.29 is 4.79 Å². The number of thiazole rings is 1. The van der Waals surface area contributed by atoms with Crippen LogP contribution in [-0.4, -0.2) is 10.5 Å². The van der Waals surface area contributed by atoms with E-state index in [0.29, 0.717) is 27.8 Å². The largest absolute Gasteiger partial charge is 0.311 e. The third-order valence-electron chi connectivity index (χ3n) is 2.57. The summed E-state index contributed by atoms with van der Waals surface area (Å²) < 4.78 is 2.80. The fourth-order valence-electron chi connectivity index (χ4n) is 1.67. The lowest BCUT2D eigenvalue weighted by Gasteiger charge is -2.03. The molecule has 0 bridgehead atoms. The molecule has 0 spiro atoms. The van der Waals surface area contributed by atoms with Crippen molar-refractivity contribution in [2.45, 2.75) is 19.9 Å². The summed E-state index contributed by atoms with van der Waals surface area (Å²) in [7, 11) is 0. The first-order chi connectivity index (χ1) is 9.08. The van der Waals surface area contributed by atoms with Crippen molar-refractivity contribution in [3.63, 3.8) is 0 Å². The van der Waals surface area contributed by atoms with Crippen LogP contribution in [0.5, 0.6) is 0 Å². The second-order valence-electron chi connectivity index (χ2n) is 3.85. The van der Waals surface area contributed by atoms with E-state index in [4.69, 9.17) is 23.2 Å². The Balaban J connectivity index is 2.82. The number of halogens is 2. The van der Waals surface area contributed by atoms with Crippen molar-refractivity contribution in [1.29, 1.82) is 0 Å². The quantitative estimate of drug-likeness (QED) is 0.787. The van der Waals surface area contributed by atoms with E-state index in [1.54, 1.807) is 19.1 Å². The molecule has 0 aliphatic rings. The summed E-state index contributed by atoms with van der Waals surface area (Å²) in [4.78, 5) is 16.2. The van der Waals surface area contributed by atoms with Gasteiger partial charge in [-0.25, -0.2) is 0 Å². The Morgan fingerprint density at radius 1 is 1.53 bits per heavy atom. The van der Waals surface area contributed by atoms with E-state index >= 15 is 0 Å². The second kappa shape index (κ2) is 5.90. The van der Waals surface area contributed by atoms with Gasteiger partial charge in [-0.2, -0.15) is 4.99 Å².